The lowest BCUT2D eigenvalue weighted by atomic mass is 10.2. The smallest absolute Gasteiger partial charge is 0.169 e. The lowest BCUT2D eigenvalue weighted by Crippen LogP contribution is -2.20. The Morgan fingerprint density at radius 1 is 1.50 bits per heavy atom. The van der Waals surface area contributed by atoms with Gasteiger partial charge in [0.2, 0.25) is 0 Å². The second-order valence-corrected chi connectivity index (χ2v) is 6.10. The SMILES string of the molecule is CC(CCS(C)=O)Nc1c(N)cc(N)c(Cl)c1F. The lowest BCUT2D eigenvalue weighted by molar-refractivity contribution is 0.626. The summed E-state index contributed by atoms with van der Waals surface area (Å²) in [6.07, 6.45) is 2.27. The first-order chi connectivity index (χ1) is 8.32. The molecular formula is C11H17ClFN3OS. The number of nitrogen functional groups attached to an aromatic ring is 2. The molecule has 0 saturated carbocycles. The van der Waals surface area contributed by atoms with E-state index < -0.39 is 16.6 Å². The van der Waals surface area contributed by atoms with E-state index in [1.807, 2.05) is 6.92 Å². The van der Waals surface area contributed by atoms with Gasteiger partial charge in [-0.3, -0.25) is 4.21 Å². The number of halogens is 2. The standard InChI is InChI=1S/C11H17ClFN3OS/c1-6(3-4-18(2)17)16-11-8(15)5-7(14)9(12)10(11)13/h5-6,16H,3-4,14-15H2,1-2H3. The maximum Gasteiger partial charge on any atom is 0.169 e. The van der Waals surface area contributed by atoms with Gasteiger partial charge in [0, 0.05) is 28.9 Å². The Balaban J connectivity index is 2.84. The number of hydrogen-bond donors (Lipinski definition) is 3. The first-order valence-corrected chi connectivity index (χ1v) is 7.53. The van der Waals surface area contributed by atoms with Crippen molar-refractivity contribution in [3.8, 4) is 0 Å². The average molecular weight is 294 g/mol. The summed E-state index contributed by atoms with van der Waals surface area (Å²) in [5, 5.41) is 2.79. The maximum atomic E-state index is 13.9. The number of rotatable bonds is 5. The molecule has 102 valence electrons. The highest BCUT2D eigenvalue weighted by Crippen LogP contribution is 2.34. The summed E-state index contributed by atoms with van der Waals surface area (Å²) >= 11 is 5.72. The number of nitrogens with two attached hydrogens (primary N) is 2. The summed E-state index contributed by atoms with van der Waals surface area (Å²) < 4.78 is 24.8. The van der Waals surface area contributed by atoms with E-state index in [0.717, 1.165) is 0 Å². The number of anilines is 3. The molecule has 7 heteroatoms. The second-order valence-electron chi connectivity index (χ2n) is 4.17. The van der Waals surface area contributed by atoms with Crippen LogP contribution in [0.3, 0.4) is 0 Å². The molecule has 18 heavy (non-hydrogen) atoms. The van der Waals surface area contributed by atoms with Gasteiger partial charge >= 0.3 is 0 Å². The number of benzene rings is 1. The Hall–Kier alpha value is -1.01. The minimum absolute atomic E-state index is 0.0645. The van der Waals surface area contributed by atoms with Crippen LogP contribution in [0, 0.1) is 5.82 Å². The minimum Gasteiger partial charge on any atom is -0.397 e. The fraction of sp³-hybridized carbons (Fsp3) is 0.455. The molecule has 0 aliphatic carbocycles. The third kappa shape index (κ3) is 3.74. The van der Waals surface area contributed by atoms with E-state index >= 15 is 0 Å². The van der Waals surface area contributed by atoms with Crippen LogP contribution in [0.5, 0.6) is 0 Å². The first kappa shape index (κ1) is 15.0. The van der Waals surface area contributed by atoms with Crippen molar-refractivity contribution in [3.05, 3.63) is 16.9 Å². The molecular weight excluding hydrogens is 277 g/mol. The van der Waals surface area contributed by atoms with E-state index in [4.69, 9.17) is 23.1 Å². The predicted octanol–water partition coefficient (Wildman–Crippen LogP) is 2.21. The summed E-state index contributed by atoms with van der Waals surface area (Å²) in [6, 6.07) is 1.35. The molecule has 0 aliphatic rings. The summed E-state index contributed by atoms with van der Waals surface area (Å²) in [4.78, 5) is 0. The van der Waals surface area contributed by atoms with Crippen molar-refractivity contribution >= 4 is 39.5 Å². The molecule has 4 nitrogen and oxygen atoms in total. The Morgan fingerprint density at radius 2 is 2.11 bits per heavy atom. The zero-order chi connectivity index (χ0) is 13.9. The third-order valence-electron chi connectivity index (χ3n) is 2.49. The van der Waals surface area contributed by atoms with Gasteiger partial charge in [-0.2, -0.15) is 0 Å². The molecule has 0 aliphatic heterocycles. The van der Waals surface area contributed by atoms with Crippen LogP contribution >= 0.6 is 11.6 Å². The van der Waals surface area contributed by atoms with Gasteiger partial charge < -0.3 is 16.8 Å². The number of nitrogens with one attached hydrogen (secondary N) is 1. The summed E-state index contributed by atoms with van der Waals surface area (Å²) in [6.45, 7) is 1.86. The summed E-state index contributed by atoms with van der Waals surface area (Å²) in [5.41, 5.74) is 11.7. The Morgan fingerprint density at radius 3 is 2.67 bits per heavy atom. The molecule has 0 radical (unpaired) electrons. The normalized spacial score (nSPS) is 14.2. The van der Waals surface area contributed by atoms with Gasteiger partial charge in [0.15, 0.2) is 5.82 Å². The van der Waals surface area contributed by atoms with Gasteiger partial charge in [0.1, 0.15) is 5.02 Å². The fourth-order valence-electron chi connectivity index (χ4n) is 1.47. The van der Waals surface area contributed by atoms with Crippen molar-refractivity contribution in [2.24, 2.45) is 0 Å². The van der Waals surface area contributed by atoms with Crippen LogP contribution in [0.15, 0.2) is 6.07 Å². The van der Waals surface area contributed by atoms with Crippen LogP contribution in [0.25, 0.3) is 0 Å². The predicted molar refractivity (Wildman–Crippen MR) is 76.9 cm³/mol. The molecule has 1 rings (SSSR count). The van der Waals surface area contributed by atoms with Crippen molar-refractivity contribution in [1.29, 1.82) is 0 Å². The van der Waals surface area contributed by atoms with E-state index in [2.05, 4.69) is 5.32 Å². The van der Waals surface area contributed by atoms with Crippen molar-refractivity contribution in [3.63, 3.8) is 0 Å². The van der Waals surface area contributed by atoms with Gasteiger partial charge in [-0.1, -0.05) is 11.6 Å². The molecule has 5 N–H and O–H groups in total. The Bertz CT molecular complexity index is 470. The molecule has 1 aromatic rings. The summed E-state index contributed by atoms with van der Waals surface area (Å²) in [5.74, 6) is -0.114. The van der Waals surface area contributed by atoms with Gasteiger partial charge in [0.25, 0.3) is 0 Å². The fourth-order valence-corrected chi connectivity index (χ4v) is 2.31. The minimum atomic E-state index is -0.874. The van der Waals surface area contributed by atoms with Crippen LogP contribution < -0.4 is 16.8 Å². The largest absolute Gasteiger partial charge is 0.397 e. The van der Waals surface area contributed by atoms with Crippen LogP contribution in [-0.2, 0) is 10.8 Å². The maximum absolute atomic E-state index is 13.9. The quantitative estimate of drug-likeness (QED) is 0.727. The Labute approximate surface area is 113 Å². The molecule has 0 fully saturated rings. The van der Waals surface area contributed by atoms with Gasteiger partial charge in [-0.15, -0.1) is 0 Å². The van der Waals surface area contributed by atoms with Crippen molar-refractivity contribution in [1.82, 2.24) is 0 Å². The lowest BCUT2D eigenvalue weighted by Gasteiger charge is -2.18. The second kappa shape index (κ2) is 6.24. The molecule has 1 aromatic carbocycles. The average Bonchev–Trinajstić information content (AvgIpc) is 2.29. The van der Waals surface area contributed by atoms with Crippen LogP contribution in [0.1, 0.15) is 13.3 Å². The van der Waals surface area contributed by atoms with Crippen LogP contribution in [-0.4, -0.2) is 22.3 Å². The molecule has 0 bridgehead atoms. The molecule has 0 heterocycles. The van der Waals surface area contributed by atoms with Crippen molar-refractivity contribution < 1.29 is 8.60 Å². The highest BCUT2D eigenvalue weighted by Gasteiger charge is 2.16. The molecule has 0 amide bonds. The van der Waals surface area contributed by atoms with Crippen molar-refractivity contribution in [2.75, 3.05) is 28.8 Å². The Kier molecular flexibility index (Phi) is 5.22. The molecule has 0 aromatic heterocycles. The first-order valence-electron chi connectivity index (χ1n) is 5.42. The van der Waals surface area contributed by atoms with Crippen molar-refractivity contribution in [2.45, 2.75) is 19.4 Å². The molecule has 0 spiro atoms. The van der Waals surface area contributed by atoms with Crippen LogP contribution in [0.2, 0.25) is 5.02 Å². The van der Waals surface area contributed by atoms with E-state index in [9.17, 15) is 8.60 Å². The van der Waals surface area contributed by atoms with Gasteiger partial charge in [-0.25, -0.2) is 4.39 Å². The summed E-state index contributed by atoms with van der Waals surface area (Å²) in [7, 11) is -0.874. The zero-order valence-electron chi connectivity index (χ0n) is 10.3. The van der Waals surface area contributed by atoms with E-state index in [1.165, 1.54) is 6.07 Å². The van der Waals surface area contributed by atoms with E-state index in [1.54, 1.807) is 6.26 Å². The third-order valence-corrected chi connectivity index (χ3v) is 3.69. The monoisotopic (exact) mass is 293 g/mol. The highest BCUT2D eigenvalue weighted by molar-refractivity contribution is 7.84. The highest BCUT2D eigenvalue weighted by atomic mass is 35.5. The molecule has 2 unspecified atom stereocenters. The molecule has 0 saturated heterocycles. The van der Waals surface area contributed by atoms with E-state index in [-0.39, 0.29) is 28.1 Å². The van der Waals surface area contributed by atoms with Gasteiger partial charge in [0.05, 0.1) is 17.1 Å². The van der Waals surface area contributed by atoms with E-state index in [0.29, 0.717) is 12.2 Å². The zero-order valence-corrected chi connectivity index (χ0v) is 11.9. The topological polar surface area (TPSA) is 81.1 Å². The number of hydrogen-bond acceptors (Lipinski definition) is 4. The van der Waals surface area contributed by atoms with Crippen LogP contribution in [0.4, 0.5) is 21.5 Å². The molecule has 2 atom stereocenters. The van der Waals surface area contributed by atoms with Gasteiger partial charge in [-0.05, 0) is 19.4 Å².